The second-order valence-electron chi connectivity index (χ2n) is 6.15. The number of hydrogen-bond acceptors (Lipinski definition) is 4. The van der Waals surface area contributed by atoms with E-state index in [2.05, 4.69) is 31.3 Å². The summed E-state index contributed by atoms with van der Waals surface area (Å²) in [7, 11) is 0. The summed E-state index contributed by atoms with van der Waals surface area (Å²) in [5, 5.41) is 14.0. The molecule has 0 N–H and O–H groups in total. The number of hydrogen-bond donors (Lipinski definition) is 0. The molecule has 0 aliphatic rings. The van der Waals surface area contributed by atoms with Gasteiger partial charge < -0.3 is 4.57 Å². The van der Waals surface area contributed by atoms with Gasteiger partial charge in [0, 0.05) is 16.1 Å². The van der Waals surface area contributed by atoms with E-state index < -0.39 is 0 Å². The minimum atomic E-state index is -0.232. The van der Waals surface area contributed by atoms with Crippen LogP contribution in [-0.2, 0) is 12.1 Å². The molecule has 0 aliphatic heterocycles. The molecule has 2 aromatic heterocycles. The van der Waals surface area contributed by atoms with Gasteiger partial charge in [0.15, 0.2) is 5.82 Å². The lowest BCUT2D eigenvalue weighted by Crippen LogP contribution is -2.25. The van der Waals surface area contributed by atoms with Crippen LogP contribution in [0.2, 0.25) is 0 Å². The molecule has 2 heterocycles. The van der Waals surface area contributed by atoms with Crippen LogP contribution >= 0.6 is 15.9 Å². The topological polar surface area (TPSA) is 65.6 Å². The molecule has 3 rings (SSSR count). The summed E-state index contributed by atoms with van der Waals surface area (Å²) in [6.45, 7) is 6.30. The van der Waals surface area contributed by atoms with Crippen LogP contribution in [0.1, 0.15) is 26.6 Å². The van der Waals surface area contributed by atoms with Gasteiger partial charge in [0.05, 0.1) is 12.1 Å². The maximum absolute atomic E-state index is 12.5. The van der Waals surface area contributed by atoms with E-state index in [0.717, 1.165) is 9.86 Å². The van der Waals surface area contributed by atoms with Crippen LogP contribution in [0.25, 0.3) is 10.8 Å². The van der Waals surface area contributed by atoms with Crippen molar-refractivity contribution >= 4 is 26.7 Å². The van der Waals surface area contributed by atoms with Gasteiger partial charge in [0.1, 0.15) is 0 Å². The molecule has 3 aromatic rings. The molecule has 0 aliphatic carbocycles. The minimum absolute atomic E-state index is 0.0640. The zero-order chi connectivity index (χ0) is 15.9. The molecule has 0 atom stereocenters. The van der Waals surface area contributed by atoms with Crippen LogP contribution in [-0.4, -0.2) is 24.8 Å². The summed E-state index contributed by atoms with van der Waals surface area (Å²) < 4.78 is 2.48. The number of benzene rings is 1. The lowest BCUT2D eigenvalue weighted by Gasteiger charge is -2.15. The molecule has 114 valence electrons. The van der Waals surface area contributed by atoms with Gasteiger partial charge in [-0.1, -0.05) is 22.0 Å². The van der Waals surface area contributed by atoms with Gasteiger partial charge in [-0.25, -0.2) is 0 Å². The van der Waals surface area contributed by atoms with Crippen molar-refractivity contribution in [2.45, 2.75) is 32.9 Å². The summed E-state index contributed by atoms with van der Waals surface area (Å²) in [5.74, 6) is 0.520. The number of nitrogens with zero attached hydrogens (tertiary/aromatic N) is 5. The molecule has 0 spiro atoms. The molecule has 0 saturated heterocycles. The van der Waals surface area contributed by atoms with E-state index in [4.69, 9.17) is 0 Å². The average molecular weight is 362 g/mol. The van der Waals surface area contributed by atoms with Crippen molar-refractivity contribution in [2.75, 3.05) is 0 Å². The Kier molecular flexibility index (Phi) is 3.60. The molecule has 7 heteroatoms. The molecular weight excluding hydrogens is 346 g/mol. The summed E-state index contributed by atoms with van der Waals surface area (Å²) in [5.41, 5.74) is -0.296. The number of pyridine rings is 1. The highest BCUT2D eigenvalue weighted by molar-refractivity contribution is 9.10. The first kappa shape index (κ1) is 14.9. The average Bonchev–Trinajstić information content (AvgIpc) is 2.91. The zero-order valence-electron chi connectivity index (χ0n) is 12.6. The van der Waals surface area contributed by atoms with Crippen molar-refractivity contribution < 1.29 is 0 Å². The van der Waals surface area contributed by atoms with E-state index in [9.17, 15) is 4.79 Å². The molecule has 0 bridgehead atoms. The number of tetrazole rings is 1. The highest BCUT2D eigenvalue weighted by Gasteiger charge is 2.17. The van der Waals surface area contributed by atoms with E-state index in [-0.39, 0.29) is 11.1 Å². The smallest absolute Gasteiger partial charge is 0.258 e. The Balaban J connectivity index is 1.99. The van der Waals surface area contributed by atoms with Gasteiger partial charge in [0.25, 0.3) is 5.56 Å². The second kappa shape index (κ2) is 5.31. The molecule has 1 aromatic carbocycles. The molecule has 0 fully saturated rings. The first-order valence-electron chi connectivity index (χ1n) is 6.93. The van der Waals surface area contributed by atoms with Crippen LogP contribution < -0.4 is 5.56 Å². The van der Waals surface area contributed by atoms with Gasteiger partial charge in [-0.05, 0) is 49.6 Å². The Morgan fingerprint density at radius 1 is 1.23 bits per heavy atom. The third-order valence-corrected chi connectivity index (χ3v) is 3.80. The van der Waals surface area contributed by atoms with Gasteiger partial charge in [-0.3, -0.25) is 4.79 Å². The first-order valence-corrected chi connectivity index (χ1v) is 7.72. The number of fused-ring (bicyclic) bond motifs is 1. The Morgan fingerprint density at radius 3 is 2.68 bits per heavy atom. The fraction of sp³-hybridized carbons (Fsp3) is 0.333. The Bertz CT molecular complexity index is 891. The maximum atomic E-state index is 12.5. The van der Waals surface area contributed by atoms with Crippen molar-refractivity contribution in [3.05, 3.63) is 51.1 Å². The van der Waals surface area contributed by atoms with Crippen molar-refractivity contribution in [1.29, 1.82) is 0 Å². The van der Waals surface area contributed by atoms with Gasteiger partial charge in [-0.2, -0.15) is 4.80 Å². The van der Waals surface area contributed by atoms with Crippen LogP contribution in [0, 0.1) is 0 Å². The van der Waals surface area contributed by atoms with Crippen LogP contribution in [0.3, 0.4) is 0 Å². The highest BCUT2D eigenvalue weighted by atomic mass is 79.9. The number of rotatable bonds is 2. The Labute approximate surface area is 135 Å². The minimum Gasteiger partial charge on any atom is -0.307 e. The standard InChI is InChI=1S/C15H16BrN5O/c1-15(2,3)21-18-13(17-19-21)9-20-7-6-10-4-5-11(16)8-12(10)14(20)22/h4-8H,9H2,1-3H3. The number of aromatic nitrogens is 5. The summed E-state index contributed by atoms with van der Waals surface area (Å²) in [6, 6.07) is 7.58. The fourth-order valence-electron chi connectivity index (χ4n) is 2.12. The normalized spacial score (nSPS) is 12.0. The highest BCUT2D eigenvalue weighted by Crippen LogP contribution is 2.16. The van der Waals surface area contributed by atoms with Crippen LogP contribution in [0.5, 0.6) is 0 Å². The SMILES string of the molecule is CC(C)(C)n1nnc(Cn2ccc3ccc(Br)cc3c2=O)n1. The van der Waals surface area contributed by atoms with Crippen LogP contribution in [0.4, 0.5) is 0 Å². The largest absolute Gasteiger partial charge is 0.307 e. The molecule has 6 nitrogen and oxygen atoms in total. The molecule has 22 heavy (non-hydrogen) atoms. The zero-order valence-corrected chi connectivity index (χ0v) is 14.2. The predicted octanol–water partition coefficient (Wildman–Crippen LogP) is 2.55. The first-order chi connectivity index (χ1) is 10.3. The van der Waals surface area contributed by atoms with Crippen molar-refractivity contribution in [1.82, 2.24) is 24.8 Å². The Hall–Kier alpha value is -2.02. The van der Waals surface area contributed by atoms with Crippen LogP contribution in [0.15, 0.2) is 39.7 Å². The summed E-state index contributed by atoms with van der Waals surface area (Å²) in [4.78, 5) is 14.1. The van der Waals surface area contributed by atoms with Crippen molar-refractivity contribution in [3.8, 4) is 0 Å². The number of halogens is 1. The van der Waals surface area contributed by atoms with E-state index in [1.807, 2.05) is 45.0 Å². The Morgan fingerprint density at radius 2 is 2.00 bits per heavy atom. The van der Waals surface area contributed by atoms with Gasteiger partial charge in [0.2, 0.25) is 0 Å². The molecule has 0 saturated carbocycles. The third-order valence-electron chi connectivity index (χ3n) is 3.31. The van der Waals surface area contributed by atoms with Crippen molar-refractivity contribution in [3.63, 3.8) is 0 Å². The molecular formula is C15H16BrN5O. The summed E-state index contributed by atoms with van der Waals surface area (Å²) >= 11 is 3.40. The lowest BCUT2D eigenvalue weighted by molar-refractivity contribution is 0.305. The second-order valence-corrected chi connectivity index (χ2v) is 7.06. The fourth-order valence-corrected chi connectivity index (χ4v) is 2.48. The van der Waals surface area contributed by atoms with E-state index in [1.165, 1.54) is 0 Å². The monoisotopic (exact) mass is 361 g/mol. The van der Waals surface area contributed by atoms with E-state index in [1.54, 1.807) is 15.6 Å². The predicted molar refractivity (Wildman–Crippen MR) is 87.8 cm³/mol. The van der Waals surface area contributed by atoms with E-state index >= 15 is 0 Å². The van der Waals surface area contributed by atoms with Crippen molar-refractivity contribution in [2.24, 2.45) is 0 Å². The van der Waals surface area contributed by atoms with Gasteiger partial charge >= 0.3 is 0 Å². The third kappa shape index (κ3) is 2.81. The molecule has 0 radical (unpaired) electrons. The maximum Gasteiger partial charge on any atom is 0.258 e. The summed E-state index contributed by atoms with van der Waals surface area (Å²) in [6.07, 6.45) is 1.76. The lowest BCUT2D eigenvalue weighted by atomic mass is 10.1. The van der Waals surface area contributed by atoms with Gasteiger partial charge in [-0.15, -0.1) is 10.2 Å². The molecule has 0 unspecified atom stereocenters. The quantitative estimate of drug-likeness (QED) is 0.703. The molecule has 0 amide bonds. The van der Waals surface area contributed by atoms with E-state index in [0.29, 0.717) is 17.8 Å².